The summed E-state index contributed by atoms with van der Waals surface area (Å²) in [4.78, 5) is 13.9. The standard InChI is InChI=1S/C4H6N3O/c5-4(8)3-1-6-2-7-3/h3H,1H2,(H2,5,8)(H,6,7). The molecular formula is C4H6N3O. The van der Waals surface area contributed by atoms with Gasteiger partial charge in [-0.05, 0) is 0 Å². The summed E-state index contributed by atoms with van der Waals surface area (Å²) in [6, 6.07) is -0.324. The van der Waals surface area contributed by atoms with Crippen LogP contribution in [0.4, 0.5) is 0 Å². The van der Waals surface area contributed by atoms with Crippen LogP contribution in [0.25, 0.3) is 0 Å². The first-order valence-electron chi connectivity index (χ1n) is 2.27. The zero-order chi connectivity index (χ0) is 5.98. The Kier molecular flexibility index (Phi) is 1.15. The number of hydrogen-bond acceptors (Lipinski definition) is 3. The number of aliphatic imine (C=N–C) groups is 1. The molecule has 1 aliphatic heterocycles. The number of amides is 1. The molecule has 0 aromatic heterocycles. The van der Waals surface area contributed by atoms with Crippen LogP contribution in [0.5, 0.6) is 0 Å². The number of nitrogens with one attached hydrogen (secondary N) is 1. The molecule has 8 heavy (non-hydrogen) atoms. The first-order valence-corrected chi connectivity index (χ1v) is 2.27. The van der Waals surface area contributed by atoms with E-state index < -0.39 is 0 Å². The quantitative estimate of drug-likeness (QED) is 0.426. The van der Waals surface area contributed by atoms with Crippen LogP contribution in [0.2, 0.25) is 0 Å². The highest BCUT2D eigenvalue weighted by molar-refractivity contribution is 5.84. The van der Waals surface area contributed by atoms with Gasteiger partial charge >= 0.3 is 0 Å². The summed E-state index contributed by atoms with van der Waals surface area (Å²) in [5.74, 6) is -0.376. The molecule has 1 unspecified atom stereocenters. The minimum Gasteiger partial charge on any atom is -0.368 e. The number of carbonyl (C=O) groups excluding carboxylic acids is 1. The van der Waals surface area contributed by atoms with Crippen LogP contribution in [0.15, 0.2) is 4.99 Å². The van der Waals surface area contributed by atoms with E-state index >= 15 is 0 Å². The molecule has 0 fully saturated rings. The average molecular weight is 112 g/mol. The molecule has 0 spiro atoms. The zero-order valence-electron chi connectivity index (χ0n) is 4.22. The summed E-state index contributed by atoms with van der Waals surface area (Å²) in [7, 11) is 0. The van der Waals surface area contributed by atoms with Crippen molar-refractivity contribution >= 4 is 12.2 Å². The van der Waals surface area contributed by atoms with Gasteiger partial charge in [-0.1, -0.05) is 0 Å². The van der Waals surface area contributed by atoms with E-state index in [0.717, 1.165) is 0 Å². The number of primary amides is 1. The second-order valence-corrected chi connectivity index (χ2v) is 1.55. The maximum Gasteiger partial charge on any atom is 0.241 e. The number of rotatable bonds is 1. The van der Waals surface area contributed by atoms with Gasteiger partial charge in [0, 0.05) is 0 Å². The van der Waals surface area contributed by atoms with Gasteiger partial charge in [-0.15, -0.1) is 0 Å². The summed E-state index contributed by atoms with van der Waals surface area (Å²) in [6.07, 6.45) is 2.43. The number of carbonyl (C=O) groups is 1. The fraction of sp³-hybridized carbons (Fsp3) is 0.500. The monoisotopic (exact) mass is 112 g/mol. The van der Waals surface area contributed by atoms with E-state index in [1.165, 1.54) is 0 Å². The molecule has 0 saturated carbocycles. The van der Waals surface area contributed by atoms with Gasteiger partial charge in [-0.3, -0.25) is 9.79 Å². The van der Waals surface area contributed by atoms with Gasteiger partial charge in [0.2, 0.25) is 5.91 Å². The molecule has 4 heteroatoms. The molecule has 1 atom stereocenters. The molecule has 1 aliphatic rings. The van der Waals surface area contributed by atoms with E-state index in [1.807, 2.05) is 0 Å². The molecular weight excluding hydrogens is 106 g/mol. The third kappa shape index (κ3) is 0.776. The van der Waals surface area contributed by atoms with Crippen LogP contribution in [-0.2, 0) is 4.79 Å². The van der Waals surface area contributed by atoms with Crippen LogP contribution < -0.4 is 11.1 Å². The fourth-order valence-electron chi connectivity index (χ4n) is 0.467. The Hall–Kier alpha value is -1.06. The lowest BCUT2D eigenvalue weighted by molar-refractivity contribution is -0.119. The van der Waals surface area contributed by atoms with E-state index in [-0.39, 0.29) is 11.9 Å². The summed E-state index contributed by atoms with van der Waals surface area (Å²) in [5.41, 5.74) is 4.90. The molecule has 0 bridgehead atoms. The number of nitrogens with zero attached hydrogens (tertiary/aromatic N) is 1. The lowest BCUT2D eigenvalue weighted by Crippen LogP contribution is -2.38. The third-order valence-corrected chi connectivity index (χ3v) is 0.935. The Bertz CT molecular complexity index is 123. The predicted molar refractivity (Wildman–Crippen MR) is 28.4 cm³/mol. The van der Waals surface area contributed by atoms with Crippen molar-refractivity contribution in [2.24, 2.45) is 10.7 Å². The van der Waals surface area contributed by atoms with Gasteiger partial charge in [-0.25, -0.2) is 0 Å². The number of hydrogen-bond donors (Lipinski definition) is 2. The summed E-state index contributed by atoms with van der Waals surface area (Å²) < 4.78 is 0. The molecule has 0 aliphatic carbocycles. The smallest absolute Gasteiger partial charge is 0.241 e. The highest BCUT2D eigenvalue weighted by Gasteiger charge is 2.15. The second kappa shape index (κ2) is 1.81. The molecule has 4 nitrogen and oxygen atoms in total. The largest absolute Gasteiger partial charge is 0.368 e. The van der Waals surface area contributed by atoms with E-state index in [0.29, 0.717) is 6.54 Å². The third-order valence-electron chi connectivity index (χ3n) is 0.935. The van der Waals surface area contributed by atoms with E-state index in [1.54, 1.807) is 0 Å². The SMILES string of the molecule is NC(=O)C1CN=[C]N1. The molecule has 0 saturated heterocycles. The topological polar surface area (TPSA) is 67.5 Å². The predicted octanol–water partition coefficient (Wildman–Crippen LogP) is -1.65. The Balaban J connectivity index is 2.41. The van der Waals surface area contributed by atoms with Crippen LogP contribution in [0.3, 0.4) is 0 Å². The van der Waals surface area contributed by atoms with Gasteiger partial charge in [0.1, 0.15) is 6.04 Å². The van der Waals surface area contributed by atoms with E-state index in [9.17, 15) is 4.79 Å². The first kappa shape index (κ1) is 5.08. The van der Waals surface area contributed by atoms with Crippen molar-refractivity contribution in [3.63, 3.8) is 0 Å². The van der Waals surface area contributed by atoms with Crippen LogP contribution in [0, 0.1) is 0 Å². The maximum atomic E-state index is 10.3. The highest BCUT2D eigenvalue weighted by atomic mass is 16.1. The first-order chi connectivity index (χ1) is 3.80. The van der Waals surface area contributed by atoms with Crippen molar-refractivity contribution < 1.29 is 4.79 Å². The zero-order valence-corrected chi connectivity index (χ0v) is 4.22. The second-order valence-electron chi connectivity index (χ2n) is 1.55. The normalized spacial score (nSPS) is 25.2. The van der Waals surface area contributed by atoms with Crippen molar-refractivity contribution in [1.82, 2.24) is 5.32 Å². The van der Waals surface area contributed by atoms with Crippen molar-refractivity contribution in [3.05, 3.63) is 0 Å². The molecule has 1 rings (SSSR count). The summed E-state index contributed by atoms with van der Waals surface area (Å²) in [6.45, 7) is 0.426. The molecule has 1 amide bonds. The molecule has 0 aromatic rings. The van der Waals surface area contributed by atoms with Crippen LogP contribution >= 0.6 is 0 Å². The molecule has 43 valence electrons. The Morgan fingerprint density at radius 1 is 2.00 bits per heavy atom. The van der Waals surface area contributed by atoms with Gasteiger partial charge in [0.05, 0.1) is 6.54 Å². The summed E-state index contributed by atoms with van der Waals surface area (Å²) in [5, 5.41) is 2.56. The van der Waals surface area contributed by atoms with Crippen molar-refractivity contribution in [2.75, 3.05) is 6.54 Å². The molecule has 3 N–H and O–H groups in total. The van der Waals surface area contributed by atoms with Crippen molar-refractivity contribution in [3.8, 4) is 0 Å². The Labute approximate surface area is 46.8 Å². The molecule has 0 aromatic carbocycles. The lowest BCUT2D eigenvalue weighted by atomic mass is 10.3. The van der Waals surface area contributed by atoms with Gasteiger partial charge in [-0.2, -0.15) is 0 Å². The highest BCUT2D eigenvalue weighted by Crippen LogP contribution is 1.86. The molecule has 1 heterocycles. The maximum absolute atomic E-state index is 10.3. The van der Waals surface area contributed by atoms with Crippen LogP contribution in [0.1, 0.15) is 0 Å². The number of nitrogens with two attached hydrogens (primary N) is 1. The van der Waals surface area contributed by atoms with E-state index in [2.05, 4.69) is 16.6 Å². The fourth-order valence-corrected chi connectivity index (χ4v) is 0.467. The average Bonchev–Trinajstić information content (AvgIpc) is 2.12. The van der Waals surface area contributed by atoms with Crippen molar-refractivity contribution in [1.29, 1.82) is 0 Å². The van der Waals surface area contributed by atoms with E-state index in [4.69, 9.17) is 5.73 Å². The Morgan fingerprint density at radius 2 is 2.75 bits per heavy atom. The summed E-state index contributed by atoms with van der Waals surface area (Å²) >= 11 is 0. The Morgan fingerprint density at radius 3 is 3.00 bits per heavy atom. The van der Waals surface area contributed by atoms with Gasteiger partial charge in [0.25, 0.3) is 0 Å². The minimum atomic E-state index is -0.376. The van der Waals surface area contributed by atoms with Gasteiger partial charge in [0.15, 0.2) is 6.34 Å². The van der Waals surface area contributed by atoms with Gasteiger partial charge < -0.3 is 11.1 Å². The van der Waals surface area contributed by atoms with Crippen molar-refractivity contribution in [2.45, 2.75) is 6.04 Å². The molecule has 1 radical (unpaired) electrons. The van der Waals surface area contributed by atoms with Crippen LogP contribution in [-0.4, -0.2) is 24.8 Å². The lowest BCUT2D eigenvalue weighted by Gasteiger charge is -2.00. The minimum absolute atomic E-state index is 0.324.